The summed E-state index contributed by atoms with van der Waals surface area (Å²) in [6.07, 6.45) is 1.39. The van der Waals surface area contributed by atoms with Crippen LogP contribution >= 0.6 is 35.0 Å². The summed E-state index contributed by atoms with van der Waals surface area (Å²) in [5.41, 5.74) is 1.27. The van der Waals surface area contributed by atoms with Crippen LogP contribution in [-0.4, -0.2) is 40.5 Å². The van der Waals surface area contributed by atoms with Gasteiger partial charge in [0.1, 0.15) is 27.9 Å². The van der Waals surface area contributed by atoms with E-state index in [0.29, 0.717) is 50.0 Å². The van der Waals surface area contributed by atoms with E-state index < -0.39 is 5.97 Å². The van der Waals surface area contributed by atoms with Gasteiger partial charge in [-0.1, -0.05) is 29.3 Å². The lowest BCUT2D eigenvalue weighted by atomic mass is 10.2. The molecule has 0 atom stereocenters. The number of rotatable bonds is 8. The topological polar surface area (TPSA) is 110 Å². The molecule has 2 heterocycles. The van der Waals surface area contributed by atoms with E-state index in [1.165, 1.54) is 6.08 Å². The van der Waals surface area contributed by atoms with Crippen LogP contribution in [-0.2, 0) is 4.79 Å². The first-order valence-corrected chi connectivity index (χ1v) is 11.3. The van der Waals surface area contributed by atoms with Gasteiger partial charge in [0.25, 0.3) is 0 Å². The molecule has 0 bridgehead atoms. The zero-order chi connectivity index (χ0) is 24.2. The zero-order valence-electron chi connectivity index (χ0n) is 17.8. The molecule has 0 aliphatic carbocycles. The Kier molecular flexibility index (Phi) is 7.16. The summed E-state index contributed by atoms with van der Waals surface area (Å²) in [4.78, 5) is 16.2. The van der Waals surface area contributed by atoms with E-state index in [1.54, 1.807) is 62.8 Å². The molecule has 0 unspecified atom stereocenters. The predicted molar refractivity (Wildman–Crippen MR) is 131 cm³/mol. The van der Waals surface area contributed by atoms with Crippen molar-refractivity contribution in [3.63, 3.8) is 0 Å². The summed E-state index contributed by atoms with van der Waals surface area (Å²) in [6, 6.07) is 13.8. The van der Waals surface area contributed by atoms with Crippen LogP contribution in [0.2, 0.25) is 10.0 Å². The lowest BCUT2D eigenvalue weighted by Crippen LogP contribution is -1.97. The number of aromatic amines is 1. The van der Waals surface area contributed by atoms with Gasteiger partial charge in [0, 0.05) is 23.3 Å². The molecule has 0 fully saturated rings. The van der Waals surface area contributed by atoms with Crippen LogP contribution < -0.4 is 9.47 Å². The van der Waals surface area contributed by atoms with Crippen molar-refractivity contribution in [3.05, 3.63) is 69.2 Å². The van der Waals surface area contributed by atoms with Crippen molar-refractivity contribution in [1.82, 2.24) is 15.2 Å². The Morgan fingerprint density at radius 1 is 1.12 bits per heavy atom. The molecular formula is C23H17Cl2N3O5S. The van der Waals surface area contributed by atoms with Crippen molar-refractivity contribution in [2.24, 2.45) is 0 Å². The summed E-state index contributed by atoms with van der Waals surface area (Å²) in [6.45, 7) is 0. The second kappa shape index (κ2) is 10.3. The number of carboxylic acids is 1. The van der Waals surface area contributed by atoms with Gasteiger partial charge in [-0.25, -0.2) is 9.78 Å². The number of furan rings is 1. The monoisotopic (exact) mass is 517 g/mol. The fourth-order valence-electron chi connectivity index (χ4n) is 3.00. The Hall–Kier alpha value is -3.40. The third-order valence-electron chi connectivity index (χ3n) is 4.62. The van der Waals surface area contributed by atoms with Gasteiger partial charge in [-0.15, -0.1) is 5.10 Å². The number of halogens is 2. The number of benzene rings is 2. The van der Waals surface area contributed by atoms with Crippen LogP contribution in [0.3, 0.4) is 0 Å². The minimum absolute atomic E-state index is 0.0353. The highest BCUT2D eigenvalue weighted by Gasteiger charge is 2.17. The van der Waals surface area contributed by atoms with Gasteiger partial charge in [0.15, 0.2) is 5.82 Å². The van der Waals surface area contributed by atoms with Crippen molar-refractivity contribution >= 4 is 47.0 Å². The van der Waals surface area contributed by atoms with Crippen molar-refractivity contribution in [2.45, 2.75) is 5.16 Å². The molecule has 2 aromatic heterocycles. The number of carbonyl (C=O) groups is 1. The van der Waals surface area contributed by atoms with Gasteiger partial charge in [0.2, 0.25) is 5.16 Å². The maximum absolute atomic E-state index is 11.9. The van der Waals surface area contributed by atoms with Crippen molar-refractivity contribution in [2.75, 3.05) is 14.2 Å². The minimum atomic E-state index is -1.15. The predicted octanol–water partition coefficient (Wildman–Crippen LogP) is 6.27. The fraction of sp³-hybridized carbons (Fsp3) is 0.0870. The molecule has 8 nitrogen and oxygen atoms in total. The lowest BCUT2D eigenvalue weighted by Gasteiger charge is -2.06. The van der Waals surface area contributed by atoms with Gasteiger partial charge >= 0.3 is 5.97 Å². The molecule has 2 N–H and O–H groups in total. The zero-order valence-corrected chi connectivity index (χ0v) is 20.2. The summed E-state index contributed by atoms with van der Waals surface area (Å²) >= 11 is 13.2. The molecule has 11 heteroatoms. The van der Waals surface area contributed by atoms with E-state index in [-0.39, 0.29) is 10.1 Å². The summed E-state index contributed by atoms with van der Waals surface area (Å²) in [5, 5.41) is 17.6. The smallest absolute Gasteiger partial charge is 0.342 e. The second-order valence-corrected chi connectivity index (χ2v) is 8.58. The highest BCUT2D eigenvalue weighted by Crippen LogP contribution is 2.36. The largest absolute Gasteiger partial charge is 0.497 e. The van der Waals surface area contributed by atoms with Crippen LogP contribution in [0.5, 0.6) is 11.5 Å². The van der Waals surface area contributed by atoms with Gasteiger partial charge in [0.05, 0.1) is 24.3 Å². The van der Waals surface area contributed by atoms with Crippen molar-refractivity contribution in [3.8, 4) is 34.2 Å². The number of carboxylic acid groups (broad SMARTS) is 1. The molecule has 0 aliphatic rings. The molecule has 34 heavy (non-hydrogen) atoms. The highest BCUT2D eigenvalue weighted by molar-refractivity contribution is 8.04. The molecular weight excluding hydrogens is 501 g/mol. The first-order valence-electron chi connectivity index (χ1n) is 9.71. The summed E-state index contributed by atoms with van der Waals surface area (Å²) < 4.78 is 16.3. The van der Waals surface area contributed by atoms with Crippen LogP contribution in [0.25, 0.3) is 28.8 Å². The average Bonchev–Trinajstić information content (AvgIpc) is 3.50. The number of H-pyrrole nitrogens is 1. The number of aliphatic carboxylic acids is 1. The maximum Gasteiger partial charge on any atom is 0.342 e. The molecule has 0 aliphatic heterocycles. The van der Waals surface area contributed by atoms with Crippen LogP contribution in [0.4, 0.5) is 0 Å². The third-order valence-corrected chi connectivity index (χ3v) is 6.32. The van der Waals surface area contributed by atoms with Crippen molar-refractivity contribution < 1.29 is 23.8 Å². The Morgan fingerprint density at radius 3 is 2.53 bits per heavy atom. The first-order chi connectivity index (χ1) is 16.4. The van der Waals surface area contributed by atoms with E-state index >= 15 is 0 Å². The molecule has 174 valence electrons. The number of ether oxygens (including phenoxy) is 2. The van der Waals surface area contributed by atoms with Gasteiger partial charge in [-0.05, 0) is 48.2 Å². The Labute approximate surface area is 208 Å². The lowest BCUT2D eigenvalue weighted by molar-refractivity contribution is -0.131. The quantitative estimate of drug-likeness (QED) is 0.207. The Bertz CT molecular complexity index is 1360. The maximum atomic E-state index is 11.9. The summed E-state index contributed by atoms with van der Waals surface area (Å²) in [7, 11) is 3.09. The minimum Gasteiger partial charge on any atom is -0.497 e. The van der Waals surface area contributed by atoms with Crippen LogP contribution in [0, 0.1) is 0 Å². The highest BCUT2D eigenvalue weighted by atomic mass is 35.5. The van der Waals surface area contributed by atoms with E-state index in [0.717, 1.165) is 11.8 Å². The third kappa shape index (κ3) is 5.22. The van der Waals surface area contributed by atoms with Gasteiger partial charge in [-0.2, -0.15) is 0 Å². The number of methoxy groups -OCH3 is 2. The number of hydrogen-bond donors (Lipinski definition) is 2. The van der Waals surface area contributed by atoms with E-state index in [4.69, 9.17) is 37.1 Å². The molecule has 0 radical (unpaired) electrons. The fourth-order valence-corrected chi connectivity index (χ4v) is 4.08. The first kappa shape index (κ1) is 23.7. The number of hydrogen-bond acceptors (Lipinski definition) is 7. The van der Waals surface area contributed by atoms with Gasteiger partial charge < -0.3 is 19.0 Å². The molecule has 2 aromatic carbocycles. The number of nitrogens with zero attached hydrogens (tertiary/aromatic N) is 2. The number of nitrogens with one attached hydrogen (secondary N) is 1. The Morgan fingerprint density at radius 2 is 1.85 bits per heavy atom. The molecule has 0 amide bonds. The van der Waals surface area contributed by atoms with E-state index in [2.05, 4.69) is 15.2 Å². The number of thioether (sulfide) groups is 1. The average molecular weight is 518 g/mol. The molecule has 0 saturated heterocycles. The standard InChI is InChI=1S/C23H17Cl2N3O5S/c1-31-14-8-12(9-15(10-14)32-2)21-26-23(28-27-21)34-19(22(29)30)11-13-6-7-18(33-13)16-4-3-5-17(24)20(16)25/h3-11H,1-2H3,(H,29,30)(H,26,27,28)/b19-11-. The SMILES string of the molecule is COc1cc(OC)cc(-c2nc(S/C(=C\c3ccc(-c4cccc(Cl)c4Cl)o3)C(=O)O)n[nH]2)c1. The second-order valence-electron chi connectivity index (χ2n) is 6.79. The van der Waals surface area contributed by atoms with Crippen molar-refractivity contribution in [1.29, 1.82) is 0 Å². The normalized spacial score (nSPS) is 11.5. The van der Waals surface area contributed by atoms with E-state index in [1.807, 2.05) is 0 Å². The summed E-state index contributed by atoms with van der Waals surface area (Å²) in [5.74, 6) is 1.22. The number of aromatic nitrogens is 3. The molecule has 0 saturated carbocycles. The van der Waals surface area contributed by atoms with Gasteiger partial charge in [-0.3, -0.25) is 5.10 Å². The molecule has 0 spiro atoms. The van der Waals surface area contributed by atoms with Crippen LogP contribution in [0.1, 0.15) is 5.76 Å². The van der Waals surface area contributed by atoms with E-state index in [9.17, 15) is 9.90 Å². The van der Waals surface area contributed by atoms with Crippen LogP contribution in [0.15, 0.2) is 63.0 Å². The molecule has 4 aromatic rings. The molecule has 4 rings (SSSR count). The Balaban J connectivity index is 1.59.